The number of amides is 2. The van der Waals surface area contributed by atoms with Crippen molar-refractivity contribution in [2.75, 3.05) is 14.2 Å². The van der Waals surface area contributed by atoms with E-state index in [9.17, 15) is 4.79 Å². The molecular weight excluding hydrogens is 258 g/mol. The van der Waals surface area contributed by atoms with Crippen LogP contribution in [0.15, 0.2) is 23.2 Å². The molecular formula is C14H17N3O3. The molecule has 6 nitrogen and oxygen atoms in total. The van der Waals surface area contributed by atoms with Gasteiger partial charge in [0.25, 0.3) is 0 Å². The minimum Gasteiger partial charge on any atom is -0.493 e. The maximum Gasteiger partial charge on any atom is 0.346 e. The van der Waals surface area contributed by atoms with Gasteiger partial charge in [0.2, 0.25) is 0 Å². The normalized spacial score (nSPS) is 21.9. The molecule has 3 rings (SSSR count). The molecule has 1 atom stereocenters. The molecule has 106 valence electrons. The van der Waals surface area contributed by atoms with E-state index < -0.39 is 0 Å². The van der Waals surface area contributed by atoms with E-state index in [0.717, 1.165) is 18.4 Å². The van der Waals surface area contributed by atoms with E-state index in [-0.39, 0.29) is 18.1 Å². The van der Waals surface area contributed by atoms with Crippen molar-refractivity contribution < 1.29 is 14.3 Å². The minimum absolute atomic E-state index is 0.230. The Morgan fingerprint density at radius 1 is 1.30 bits per heavy atom. The number of nitrogens with two attached hydrogens (primary N) is 1. The van der Waals surface area contributed by atoms with Gasteiger partial charge in [0.1, 0.15) is 11.9 Å². The monoisotopic (exact) mass is 275 g/mol. The summed E-state index contributed by atoms with van der Waals surface area (Å²) >= 11 is 0. The summed E-state index contributed by atoms with van der Waals surface area (Å²) < 4.78 is 10.7. The maximum absolute atomic E-state index is 12.0. The van der Waals surface area contributed by atoms with Gasteiger partial charge in [-0.05, 0) is 18.9 Å². The number of carbonyl (C=O) groups is 1. The average Bonchev–Trinajstić information content (AvgIpc) is 3.23. The summed E-state index contributed by atoms with van der Waals surface area (Å²) in [6.45, 7) is 0. The number of nitrogens with zero attached hydrogens (tertiary/aromatic N) is 2. The molecule has 6 heteroatoms. The molecule has 1 aromatic carbocycles. The van der Waals surface area contributed by atoms with Crippen molar-refractivity contribution in [2.24, 2.45) is 10.7 Å². The highest BCUT2D eigenvalue weighted by Gasteiger charge is 2.44. The molecule has 1 aromatic rings. The fourth-order valence-electron chi connectivity index (χ4n) is 2.64. The highest BCUT2D eigenvalue weighted by atomic mass is 16.5. The number of para-hydroxylation sites is 1. The summed E-state index contributed by atoms with van der Waals surface area (Å²) in [6.07, 6.45) is 1.99. The molecule has 2 N–H and O–H groups in total. The molecule has 1 aliphatic carbocycles. The van der Waals surface area contributed by atoms with Gasteiger partial charge in [-0.15, -0.1) is 0 Å². The second-order valence-corrected chi connectivity index (χ2v) is 4.94. The summed E-state index contributed by atoms with van der Waals surface area (Å²) in [5.41, 5.74) is 6.77. The zero-order valence-electron chi connectivity index (χ0n) is 11.5. The Balaban J connectivity index is 2.07. The van der Waals surface area contributed by atoms with Crippen molar-refractivity contribution in [1.29, 1.82) is 0 Å². The quantitative estimate of drug-likeness (QED) is 0.907. The van der Waals surface area contributed by atoms with Crippen LogP contribution in [0.4, 0.5) is 4.79 Å². The summed E-state index contributed by atoms with van der Waals surface area (Å²) in [4.78, 5) is 17.6. The van der Waals surface area contributed by atoms with Gasteiger partial charge in [0, 0.05) is 11.6 Å². The lowest BCUT2D eigenvalue weighted by molar-refractivity contribution is 0.202. The smallest absolute Gasteiger partial charge is 0.346 e. The Labute approximate surface area is 117 Å². The summed E-state index contributed by atoms with van der Waals surface area (Å²) in [6, 6.07) is 5.17. The highest BCUT2D eigenvalue weighted by molar-refractivity contribution is 6.04. The van der Waals surface area contributed by atoms with Crippen molar-refractivity contribution >= 4 is 11.9 Å². The summed E-state index contributed by atoms with van der Waals surface area (Å²) in [7, 11) is 3.16. The lowest BCUT2D eigenvalue weighted by Gasteiger charge is -2.26. The molecule has 0 spiro atoms. The molecule has 1 saturated carbocycles. The molecule has 0 saturated heterocycles. The number of rotatable bonds is 4. The number of aliphatic imine (C=N–C) groups is 1. The molecule has 2 amide bonds. The Kier molecular flexibility index (Phi) is 3.00. The number of urea groups is 1. The van der Waals surface area contributed by atoms with Crippen LogP contribution in [0.1, 0.15) is 24.4 Å². The van der Waals surface area contributed by atoms with Crippen molar-refractivity contribution in [3.63, 3.8) is 0 Å². The predicted molar refractivity (Wildman–Crippen MR) is 74.2 cm³/mol. The summed E-state index contributed by atoms with van der Waals surface area (Å²) in [5.74, 6) is 1.53. The van der Waals surface area contributed by atoms with Crippen LogP contribution in [0, 0.1) is 0 Å². The first kappa shape index (κ1) is 12.8. The molecule has 2 aliphatic rings. The first-order valence-corrected chi connectivity index (χ1v) is 6.54. The third-order valence-corrected chi connectivity index (χ3v) is 3.67. The number of carbonyl (C=O) groups excluding carboxylic acids is 1. The number of methoxy groups -OCH3 is 2. The van der Waals surface area contributed by atoms with Gasteiger partial charge in [0.05, 0.1) is 14.2 Å². The first-order chi connectivity index (χ1) is 9.67. The zero-order valence-corrected chi connectivity index (χ0v) is 11.5. The third kappa shape index (κ3) is 1.88. The molecule has 1 heterocycles. The highest BCUT2D eigenvalue weighted by Crippen LogP contribution is 2.43. The van der Waals surface area contributed by atoms with E-state index in [1.54, 1.807) is 19.1 Å². The first-order valence-electron chi connectivity index (χ1n) is 6.54. The molecule has 20 heavy (non-hydrogen) atoms. The zero-order chi connectivity index (χ0) is 14.3. The Morgan fingerprint density at radius 2 is 2.05 bits per heavy atom. The number of hydrogen-bond acceptors (Lipinski definition) is 4. The van der Waals surface area contributed by atoms with Crippen LogP contribution in [-0.4, -0.2) is 37.0 Å². The van der Waals surface area contributed by atoms with Crippen LogP contribution in [-0.2, 0) is 0 Å². The maximum atomic E-state index is 12.0. The van der Waals surface area contributed by atoms with Gasteiger partial charge in [-0.2, -0.15) is 4.99 Å². The van der Waals surface area contributed by atoms with Crippen LogP contribution in [0.3, 0.4) is 0 Å². The van der Waals surface area contributed by atoms with E-state index in [0.29, 0.717) is 17.3 Å². The van der Waals surface area contributed by atoms with E-state index >= 15 is 0 Å². The number of ether oxygens (including phenoxy) is 2. The Hall–Kier alpha value is -2.24. The van der Waals surface area contributed by atoms with Crippen LogP contribution in [0.25, 0.3) is 0 Å². The van der Waals surface area contributed by atoms with Crippen molar-refractivity contribution in [3.05, 3.63) is 23.8 Å². The number of amidine groups is 1. The second kappa shape index (κ2) is 4.70. The van der Waals surface area contributed by atoms with Gasteiger partial charge in [0.15, 0.2) is 11.5 Å². The van der Waals surface area contributed by atoms with Gasteiger partial charge in [-0.3, -0.25) is 0 Å². The van der Waals surface area contributed by atoms with Crippen molar-refractivity contribution in [2.45, 2.75) is 24.9 Å². The van der Waals surface area contributed by atoms with Gasteiger partial charge in [-0.25, -0.2) is 4.79 Å². The SMILES string of the molecule is COc1cccc(C2C(N)=NC(=O)N2C2CC2)c1OC. The van der Waals surface area contributed by atoms with Gasteiger partial charge in [-0.1, -0.05) is 12.1 Å². The molecule has 0 radical (unpaired) electrons. The molecule has 1 aliphatic heterocycles. The second-order valence-electron chi connectivity index (χ2n) is 4.94. The number of hydrogen-bond donors (Lipinski definition) is 1. The van der Waals surface area contributed by atoms with E-state index in [1.807, 2.05) is 18.2 Å². The fraction of sp³-hybridized carbons (Fsp3) is 0.429. The van der Waals surface area contributed by atoms with Crippen LogP contribution < -0.4 is 15.2 Å². The summed E-state index contributed by atoms with van der Waals surface area (Å²) in [5, 5.41) is 0. The molecule has 0 bridgehead atoms. The van der Waals surface area contributed by atoms with E-state index in [4.69, 9.17) is 15.2 Å². The van der Waals surface area contributed by atoms with Crippen molar-refractivity contribution in [3.8, 4) is 11.5 Å². The van der Waals surface area contributed by atoms with Gasteiger partial charge < -0.3 is 20.1 Å². The molecule has 1 unspecified atom stereocenters. The predicted octanol–water partition coefficient (Wildman–Crippen LogP) is 1.70. The largest absolute Gasteiger partial charge is 0.493 e. The van der Waals surface area contributed by atoms with E-state index in [2.05, 4.69) is 4.99 Å². The number of benzene rings is 1. The topological polar surface area (TPSA) is 77.2 Å². The minimum atomic E-state index is -0.361. The van der Waals surface area contributed by atoms with Crippen LogP contribution >= 0.6 is 0 Å². The van der Waals surface area contributed by atoms with Gasteiger partial charge >= 0.3 is 6.03 Å². The Morgan fingerprint density at radius 3 is 2.65 bits per heavy atom. The molecule has 1 fully saturated rings. The molecule has 0 aromatic heterocycles. The lowest BCUT2D eigenvalue weighted by atomic mass is 10.0. The third-order valence-electron chi connectivity index (χ3n) is 3.67. The van der Waals surface area contributed by atoms with E-state index in [1.165, 1.54) is 0 Å². The standard InChI is InChI=1S/C14H17N3O3/c1-19-10-5-3-4-9(12(10)20-2)11-13(15)16-14(18)17(11)8-6-7-8/h3-5,8,11H,6-7H2,1-2H3,(H2,15,16,18). The Bertz CT molecular complexity index is 581. The lowest BCUT2D eigenvalue weighted by Crippen LogP contribution is -2.35. The average molecular weight is 275 g/mol. The fourth-order valence-corrected chi connectivity index (χ4v) is 2.64. The van der Waals surface area contributed by atoms with Crippen molar-refractivity contribution in [1.82, 2.24) is 4.90 Å². The van der Waals surface area contributed by atoms with Crippen LogP contribution in [0.5, 0.6) is 11.5 Å². The van der Waals surface area contributed by atoms with Crippen LogP contribution in [0.2, 0.25) is 0 Å².